The molecule has 1 saturated heterocycles. The van der Waals surface area contributed by atoms with Crippen molar-refractivity contribution in [2.45, 2.75) is 13.0 Å². The molecule has 0 radical (unpaired) electrons. The van der Waals surface area contributed by atoms with Crippen molar-refractivity contribution in [3.05, 3.63) is 71.3 Å². The smallest absolute Gasteiger partial charge is 0.253 e. The molecule has 2 aromatic rings. The molecule has 3 rings (SSSR count). The topological polar surface area (TPSA) is 47.3 Å². The molecule has 0 aromatic heterocycles. The van der Waals surface area contributed by atoms with Crippen LogP contribution in [0.1, 0.15) is 27.9 Å². The minimum absolute atomic E-state index is 0.121. The van der Waals surface area contributed by atoms with Gasteiger partial charge in [0, 0.05) is 38.3 Å². The van der Waals surface area contributed by atoms with Crippen LogP contribution < -0.4 is 0 Å². The number of hydrogen-bond donors (Lipinski definition) is 0. The van der Waals surface area contributed by atoms with Gasteiger partial charge in [-0.2, -0.15) is 5.26 Å². The molecule has 122 valence electrons. The van der Waals surface area contributed by atoms with Crippen molar-refractivity contribution in [1.82, 2.24) is 9.80 Å². The van der Waals surface area contributed by atoms with E-state index in [0.717, 1.165) is 44.7 Å². The van der Waals surface area contributed by atoms with E-state index >= 15 is 0 Å². The molecule has 1 aliphatic rings. The molecule has 1 amide bonds. The van der Waals surface area contributed by atoms with Crippen LogP contribution >= 0.6 is 0 Å². The first-order valence-electron chi connectivity index (χ1n) is 8.32. The number of nitriles is 1. The maximum Gasteiger partial charge on any atom is 0.253 e. The first kappa shape index (κ1) is 16.2. The van der Waals surface area contributed by atoms with Gasteiger partial charge in [0.25, 0.3) is 5.91 Å². The summed E-state index contributed by atoms with van der Waals surface area (Å²) in [5.41, 5.74) is 2.66. The highest BCUT2D eigenvalue weighted by molar-refractivity contribution is 5.94. The van der Waals surface area contributed by atoms with Gasteiger partial charge >= 0.3 is 0 Å². The number of carbonyl (C=O) groups is 1. The van der Waals surface area contributed by atoms with Crippen molar-refractivity contribution in [1.29, 1.82) is 5.26 Å². The number of amides is 1. The molecule has 0 aliphatic carbocycles. The molecule has 0 N–H and O–H groups in total. The second kappa shape index (κ2) is 7.76. The van der Waals surface area contributed by atoms with E-state index in [1.165, 1.54) is 5.56 Å². The van der Waals surface area contributed by atoms with Crippen LogP contribution in [0, 0.1) is 11.3 Å². The monoisotopic (exact) mass is 319 g/mol. The molecule has 1 fully saturated rings. The van der Waals surface area contributed by atoms with Gasteiger partial charge in [0.15, 0.2) is 0 Å². The van der Waals surface area contributed by atoms with Crippen LogP contribution in [0.15, 0.2) is 54.6 Å². The Hall–Kier alpha value is -2.64. The second-order valence-corrected chi connectivity index (χ2v) is 6.10. The van der Waals surface area contributed by atoms with Crippen molar-refractivity contribution in [3.63, 3.8) is 0 Å². The first-order chi connectivity index (χ1) is 11.8. The molecule has 0 spiro atoms. The highest BCUT2D eigenvalue weighted by Crippen LogP contribution is 2.12. The van der Waals surface area contributed by atoms with Gasteiger partial charge in [0.2, 0.25) is 0 Å². The predicted molar refractivity (Wildman–Crippen MR) is 93.4 cm³/mol. The lowest BCUT2D eigenvalue weighted by Gasteiger charge is -2.22. The minimum atomic E-state index is 0.121. The van der Waals surface area contributed by atoms with Gasteiger partial charge in [-0.1, -0.05) is 30.3 Å². The SMILES string of the molecule is N#Cc1ccc(CN2CCCN(C(=O)c3ccccc3)CC2)cc1. The zero-order chi connectivity index (χ0) is 16.8. The quantitative estimate of drug-likeness (QED) is 0.874. The van der Waals surface area contributed by atoms with E-state index in [9.17, 15) is 4.79 Å². The standard InChI is InChI=1S/C20H21N3O/c21-15-17-7-9-18(10-8-17)16-22-11-4-12-23(14-13-22)20(24)19-5-2-1-3-6-19/h1-3,5-10H,4,11-14,16H2. The fourth-order valence-corrected chi connectivity index (χ4v) is 3.04. The number of carbonyl (C=O) groups excluding carboxylic acids is 1. The Kier molecular flexibility index (Phi) is 5.25. The summed E-state index contributed by atoms with van der Waals surface area (Å²) >= 11 is 0. The van der Waals surface area contributed by atoms with E-state index in [4.69, 9.17) is 5.26 Å². The Morgan fingerprint density at radius 2 is 1.71 bits per heavy atom. The fourth-order valence-electron chi connectivity index (χ4n) is 3.04. The molecular formula is C20H21N3O. The van der Waals surface area contributed by atoms with Crippen LogP contribution in [0.4, 0.5) is 0 Å². The lowest BCUT2D eigenvalue weighted by molar-refractivity contribution is 0.0761. The van der Waals surface area contributed by atoms with E-state index in [1.54, 1.807) is 0 Å². The molecule has 24 heavy (non-hydrogen) atoms. The van der Waals surface area contributed by atoms with E-state index in [2.05, 4.69) is 11.0 Å². The highest BCUT2D eigenvalue weighted by atomic mass is 16.2. The van der Waals surface area contributed by atoms with E-state index in [-0.39, 0.29) is 5.91 Å². The van der Waals surface area contributed by atoms with Crippen LogP contribution in [0.25, 0.3) is 0 Å². The Labute approximate surface area is 142 Å². The van der Waals surface area contributed by atoms with Crippen molar-refractivity contribution in [3.8, 4) is 6.07 Å². The molecule has 0 unspecified atom stereocenters. The summed E-state index contributed by atoms with van der Waals surface area (Å²) in [5, 5.41) is 8.86. The summed E-state index contributed by atoms with van der Waals surface area (Å²) in [5.74, 6) is 0.121. The summed E-state index contributed by atoms with van der Waals surface area (Å²) in [6.45, 7) is 4.28. The van der Waals surface area contributed by atoms with Crippen molar-refractivity contribution in [2.24, 2.45) is 0 Å². The lowest BCUT2D eigenvalue weighted by Crippen LogP contribution is -2.35. The lowest BCUT2D eigenvalue weighted by atomic mass is 10.1. The van der Waals surface area contributed by atoms with Crippen molar-refractivity contribution in [2.75, 3.05) is 26.2 Å². The zero-order valence-electron chi connectivity index (χ0n) is 13.7. The summed E-state index contributed by atoms with van der Waals surface area (Å²) in [7, 11) is 0. The third kappa shape index (κ3) is 4.01. The van der Waals surface area contributed by atoms with Crippen LogP contribution in [-0.2, 0) is 6.54 Å². The normalized spacial score (nSPS) is 15.5. The van der Waals surface area contributed by atoms with Gasteiger partial charge < -0.3 is 4.90 Å². The predicted octanol–water partition coefficient (Wildman–Crippen LogP) is 2.91. The Morgan fingerprint density at radius 3 is 2.42 bits per heavy atom. The summed E-state index contributed by atoms with van der Waals surface area (Å²) < 4.78 is 0. The van der Waals surface area contributed by atoms with E-state index in [1.807, 2.05) is 59.5 Å². The van der Waals surface area contributed by atoms with Crippen molar-refractivity contribution < 1.29 is 4.79 Å². The van der Waals surface area contributed by atoms with Gasteiger partial charge in [-0.3, -0.25) is 9.69 Å². The number of rotatable bonds is 3. The third-order valence-electron chi connectivity index (χ3n) is 4.39. The number of nitrogens with zero attached hydrogens (tertiary/aromatic N) is 3. The molecule has 1 aliphatic heterocycles. The largest absolute Gasteiger partial charge is 0.337 e. The summed E-state index contributed by atoms with van der Waals surface area (Å²) in [4.78, 5) is 16.9. The van der Waals surface area contributed by atoms with E-state index < -0.39 is 0 Å². The Morgan fingerprint density at radius 1 is 0.958 bits per heavy atom. The number of hydrogen-bond acceptors (Lipinski definition) is 3. The van der Waals surface area contributed by atoms with E-state index in [0.29, 0.717) is 5.56 Å². The molecule has 0 saturated carbocycles. The molecular weight excluding hydrogens is 298 g/mol. The number of benzene rings is 2. The average Bonchev–Trinajstić information content (AvgIpc) is 2.88. The second-order valence-electron chi connectivity index (χ2n) is 6.10. The van der Waals surface area contributed by atoms with Crippen LogP contribution in [0.3, 0.4) is 0 Å². The molecule has 0 bridgehead atoms. The molecule has 2 aromatic carbocycles. The van der Waals surface area contributed by atoms with Gasteiger partial charge in [-0.25, -0.2) is 0 Å². The maximum absolute atomic E-state index is 12.6. The molecule has 0 atom stereocenters. The fraction of sp³-hybridized carbons (Fsp3) is 0.300. The van der Waals surface area contributed by atoms with Crippen LogP contribution in [0.5, 0.6) is 0 Å². The zero-order valence-corrected chi connectivity index (χ0v) is 13.7. The van der Waals surface area contributed by atoms with Gasteiger partial charge in [-0.05, 0) is 36.2 Å². The average molecular weight is 319 g/mol. The molecule has 1 heterocycles. The first-order valence-corrected chi connectivity index (χ1v) is 8.32. The summed E-state index contributed by atoms with van der Waals surface area (Å²) in [6.07, 6.45) is 0.981. The van der Waals surface area contributed by atoms with Crippen LogP contribution in [-0.4, -0.2) is 41.9 Å². The van der Waals surface area contributed by atoms with Gasteiger partial charge in [0.1, 0.15) is 0 Å². The van der Waals surface area contributed by atoms with Crippen LogP contribution in [0.2, 0.25) is 0 Å². The third-order valence-corrected chi connectivity index (χ3v) is 4.39. The van der Waals surface area contributed by atoms with Gasteiger partial charge in [-0.15, -0.1) is 0 Å². The molecule has 4 heteroatoms. The Bertz CT molecular complexity index is 719. The molecule has 4 nitrogen and oxygen atoms in total. The summed E-state index contributed by atoms with van der Waals surface area (Å²) in [6, 6.07) is 19.4. The Balaban J connectivity index is 1.58. The van der Waals surface area contributed by atoms with Crippen molar-refractivity contribution >= 4 is 5.91 Å². The van der Waals surface area contributed by atoms with Gasteiger partial charge in [0.05, 0.1) is 11.6 Å². The highest BCUT2D eigenvalue weighted by Gasteiger charge is 2.20. The maximum atomic E-state index is 12.6. The minimum Gasteiger partial charge on any atom is -0.337 e.